The van der Waals surface area contributed by atoms with Crippen LogP contribution in [0.25, 0.3) is 11.6 Å². The van der Waals surface area contributed by atoms with Gasteiger partial charge in [-0.25, -0.2) is 4.98 Å². The van der Waals surface area contributed by atoms with Crippen LogP contribution >= 0.6 is 0 Å². The van der Waals surface area contributed by atoms with Crippen molar-refractivity contribution in [2.45, 2.75) is 25.8 Å². The highest BCUT2D eigenvalue weighted by molar-refractivity contribution is 5.47. The van der Waals surface area contributed by atoms with Crippen molar-refractivity contribution in [1.29, 1.82) is 0 Å². The summed E-state index contributed by atoms with van der Waals surface area (Å²) >= 11 is 0. The smallest absolute Gasteiger partial charge is 0.276 e. The zero-order chi connectivity index (χ0) is 13.5. The van der Waals surface area contributed by atoms with E-state index in [1.165, 1.54) is 11.1 Å². The molecule has 2 heterocycles. The summed E-state index contributed by atoms with van der Waals surface area (Å²) in [6, 6.07) is 8.96. The van der Waals surface area contributed by atoms with Crippen molar-refractivity contribution in [3.63, 3.8) is 0 Å². The van der Waals surface area contributed by atoms with Gasteiger partial charge in [0, 0.05) is 6.04 Å². The van der Waals surface area contributed by atoms with Gasteiger partial charge in [0.1, 0.15) is 5.69 Å². The summed E-state index contributed by atoms with van der Waals surface area (Å²) in [5.74, 6) is 1.18. The third kappa shape index (κ3) is 1.74. The Morgan fingerprint density at radius 3 is 2.60 bits per heavy atom. The van der Waals surface area contributed by atoms with Crippen molar-refractivity contribution in [2.75, 3.05) is 0 Å². The van der Waals surface area contributed by atoms with E-state index in [1.807, 2.05) is 13.3 Å². The lowest BCUT2D eigenvalue weighted by Crippen LogP contribution is -2.09. The lowest BCUT2D eigenvalue weighted by Gasteiger charge is -2.13. The summed E-state index contributed by atoms with van der Waals surface area (Å²) in [5, 5.41) is 3.85. The molecule has 0 spiro atoms. The van der Waals surface area contributed by atoms with E-state index in [1.54, 1.807) is 6.20 Å². The molecule has 5 nitrogen and oxygen atoms in total. The molecule has 1 aromatic carbocycles. The standard InChI is InChI=1S/C15H14N4O/c1-10-17-15(20-18-10)14-8-16-9-19(14)13-6-11-4-2-3-5-12(11)7-13/h2-5,8-9,13H,6-7H2,1H3. The Kier molecular flexibility index (Phi) is 2.45. The van der Waals surface area contributed by atoms with Gasteiger partial charge >= 0.3 is 0 Å². The number of fused-ring (bicyclic) bond motifs is 1. The molecule has 100 valence electrons. The topological polar surface area (TPSA) is 56.7 Å². The van der Waals surface area contributed by atoms with Crippen LogP contribution in [0.4, 0.5) is 0 Å². The Balaban J connectivity index is 1.70. The van der Waals surface area contributed by atoms with Crippen molar-refractivity contribution in [3.05, 3.63) is 53.7 Å². The average Bonchev–Trinajstić information content (AvgIpc) is 3.15. The monoisotopic (exact) mass is 266 g/mol. The van der Waals surface area contributed by atoms with Crippen molar-refractivity contribution in [3.8, 4) is 11.6 Å². The molecule has 0 N–H and O–H groups in total. The van der Waals surface area contributed by atoms with Crippen LogP contribution in [0.15, 0.2) is 41.3 Å². The Bertz CT molecular complexity index is 734. The molecule has 1 aliphatic rings. The van der Waals surface area contributed by atoms with E-state index >= 15 is 0 Å². The van der Waals surface area contributed by atoms with E-state index in [0.717, 1.165) is 18.5 Å². The fraction of sp³-hybridized carbons (Fsp3) is 0.267. The first-order valence-electron chi connectivity index (χ1n) is 6.70. The number of aromatic nitrogens is 4. The molecule has 0 saturated carbocycles. The predicted molar refractivity (Wildman–Crippen MR) is 73.1 cm³/mol. The van der Waals surface area contributed by atoms with Gasteiger partial charge < -0.3 is 9.09 Å². The highest BCUT2D eigenvalue weighted by Crippen LogP contribution is 2.32. The van der Waals surface area contributed by atoms with E-state index in [4.69, 9.17) is 4.52 Å². The minimum atomic E-state index is 0.372. The molecule has 2 aromatic heterocycles. The molecule has 20 heavy (non-hydrogen) atoms. The minimum Gasteiger partial charge on any atom is -0.332 e. The van der Waals surface area contributed by atoms with Gasteiger partial charge in [-0.1, -0.05) is 29.4 Å². The third-order valence-corrected chi connectivity index (χ3v) is 3.84. The lowest BCUT2D eigenvalue weighted by atomic mass is 10.1. The number of nitrogens with zero attached hydrogens (tertiary/aromatic N) is 4. The summed E-state index contributed by atoms with van der Waals surface area (Å²) < 4.78 is 7.41. The van der Waals surface area contributed by atoms with Crippen LogP contribution < -0.4 is 0 Å². The molecule has 0 fully saturated rings. The third-order valence-electron chi connectivity index (χ3n) is 3.84. The number of hydrogen-bond donors (Lipinski definition) is 0. The van der Waals surface area contributed by atoms with Gasteiger partial charge in [-0.15, -0.1) is 0 Å². The molecular formula is C15H14N4O. The molecule has 0 unspecified atom stereocenters. The fourth-order valence-electron chi connectivity index (χ4n) is 2.89. The largest absolute Gasteiger partial charge is 0.332 e. The van der Waals surface area contributed by atoms with Crippen LogP contribution in [0, 0.1) is 6.92 Å². The molecule has 0 amide bonds. The van der Waals surface area contributed by atoms with Crippen LogP contribution in [-0.4, -0.2) is 19.7 Å². The van der Waals surface area contributed by atoms with Gasteiger partial charge in [0.2, 0.25) is 0 Å². The van der Waals surface area contributed by atoms with E-state index in [9.17, 15) is 0 Å². The maximum Gasteiger partial charge on any atom is 0.276 e. The second-order valence-corrected chi connectivity index (χ2v) is 5.16. The maximum atomic E-state index is 5.26. The van der Waals surface area contributed by atoms with Crippen LogP contribution in [0.1, 0.15) is 23.0 Å². The van der Waals surface area contributed by atoms with Gasteiger partial charge in [0.15, 0.2) is 5.82 Å². The van der Waals surface area contributed by atoms with Gasteiger partial charge in [0.25, 0.3) is 5.89 Å². The summed E-state index contributed by atoms with van der Waals surface area (Å²) in [7, 11) is 0. The summed E-state index contributed by atoms with van der Waals surface area (Å²) in [4.78, 5) is 8.55. The number of rotatable bonds is 2. The van der Waals surface area contributed by atoms with Crippen LogP contribution in [0.5, 0.6) is 0 Å². The predicted octanol–water partition coefficient (Wildman–Crippen LogP) is 2.58. The first-order valence-corrected chi connectivity index (χ1v) is 6.70. The maximum absolute atomic E-state index is 5.26. The summed E-state index contributed by atoms with van der Waals surface area (Å²) in [6.45, 7) is 1.82. The molecule has 5 heteroatoms. The molecular weight excluding hydrogens is 252 g/mol. The quantitative estimate of drug-likeness (QED) is 0.715. The van der Waals surface area contributed by atoms with Gasteiger partial charge in [-0.05, 0) is 30.9 Å². The van der Waals surface area contributed by atoms with Crippen LogP contribution in [-0.2, 0) is 12.8 Å². The van der Waals surface area contributed by atoms with E-state index in [2.05, 4.69) is 44.0 Å². The highest BCUT2D eigenvalue weighted by Gasteiger charge is 2.25. The zero-order valence-electron chi connectivity index (χ0n) is 11.2. The van der Waals surface area contributed by atoms with Gasteiger partial charge in [-0.2, -0.15) is 4.98 Å². The van der Waals surface area contributed by atoms with Crippen LogP contribution in [0.3, 0.4) is 0 Å². The first-order chi connectivity index (χ1) is 9.81. The Morgan fingerprint density at radius 1 is 1.20 bits per heavy atom. The molecule has 4 rings (SSSR count). The van der Waals surface area contributed by atoms with E-state index in [-0.39, 0.29) is 0 Å². The molecule has 0 atom stereocenters. The van der Waals surface area contributed by atoms with E-state index in [0.29, 0.717) is 17.8 Å². The lowest BCUT2D eigenvalue weighted by molar-refractivity contribution is 0.418. The number of benzene rings is 1. The van der Waals surface area contributed by atoms with Crippen molar-refractivity contribution in [2.24, 2.45) is 0 Å². The second-order valence-electron chi connectivity index (χ2n) is 5.16. The van der Waals surface area contributed by atoms with Gasteiger partial charge in [0.05, 0.1) is 12.5 Å². The molecule has 0 saturated heterocycles. The first kappa shape index (κ1) is 11.4. The molecule has 0 bridgehead atoms. The normalized spacial score (nSPS) is 14.7. The fourth-order valence-corrected chi connectivity index (χ4v) is 2.89. The molecule has 0 radical (unpaired) electrons. The number of hydrogen-bond acceptors (Lipinski definition) is 4. The molecule has 3 aromatic rings. The Hall–Kier alpha value is -2.43. The van der Waals surface area contributed by atoms with Crippen molar-refractivity contribution in [1.82, 2.24) is 19.7 Å². The SMILES string of the molecule is Cc1noc(-c2cncn2C2Cc3ccccc3C2)n1. The highest BCUT2D eigenvalue weighted by atomic mass is 16.5. The second kappa shape index (κ2) is 4.30. The number of aryl methyl sites for hydroxylation is 1. The minimum absolute atomic E-state index is 0.372. The Labute approximate surface area is 116 Å². The molecule has 0 aliphatic heterocycles. The summed E-state index contributed by atoms with van der Waals surface area (Å²) in [6.07, 6.45) is 5.68. The van der Waals surface area contributed by atoms with Gasteiger partial charge in [-0.3, -0.25) is 0 Å². The Morgan fingerprint density at radius 2 is 1.95 bits per heavy atom. The molecule has 1 aliphatic carbocycles. The van der Waals surface area contributed by atoms with E-state index < -0.39 is 0 Å². The van der Waals surface area contributed by atoms with Crippen LogP contribution in [0.2, 0.25) is 0 Å². The summed E-state index contributed by atoms with van der Waals surface area (Å²) in [5.41, 5.74) is 3.72. The number of imidazole rings is 1. The average molecular weight is 266 g/mol. The van der Waals surface area contributed by atoms with Crippen molar-refractivity contribution < 1.29 is 4.52 Å². The zero-order valence-corrected chi connectivity index (χ0v) is 11.2. The van der Waals surface area contributed by atoms with Crippen molar-refractivity contribution >= 4 is 0 Å².